The number of guanidine groups is 1. The summed E-state index contributed by atoms with van der Waals surface area (Å²) < 4.78 is 16.3. The van der Waals surface area contributed by atoms with Crippen LogP contribution in [0.2, 0.25) is 0 Å². The Hall–Kier alpha value is -2.36. The molecule has 1 atom stereocenters. The van der Waals surface area contributed by atoms with Crippen molar-refractivity contribution in [2.45, 2.75) is 19.4 Å². The molecule has 2 aliphatic rings. The summed E-state index contributed by atoms with van der Waals surface area (Å²) in [5.41, 5.74) is 3.81. The molecule has 0 radical (unpaired) electrons. The van der Waals surface area contributed by atoms with Crippen LogP contribution in [0, 0.1) is 5.92 Å². The summed E-state index contributed by atoms with van der Waals surface area (Å²) in [7, 11) is 6.95. The fourth-order valence-electron chi connectivity index (χ4n) is 4.67. The van der Waals surface area contributed by atoms with Gasteiger partial charge in [0.05, 0.1) is 21.3 Å². The molecule has 1 fully saturated rings. The molecule has 33 heavy (non-hydrogen) atoms. The van der Waals surface area contributed by atoms with Crippen LogP contribution in [0.3, 0.4) is 0 Å². The van der Waals surface area contributed by atoms with Crippen LogP contribution in [0.4, 0.5) is 5.69 Å². The van der Waals surface area contributed by atoms with Crippen molar-refractivity contribution in [2.24, 2.45) is 10.9 Å². The SMILES string of the molecule is CN=C(NCC1CCN(c2cccc(OC)c2)C1)N1CCc2cc(OC)c(OC)cc2C1.I. The average molecular weight is 566 g/mol. The lowest BCUT2D eigenvalue weighted by Crippen LogP contribution is -2.45. The minimum atomic E-state index is 0. The second-order valence-electron chi connectivity index (χ2n) is 8.38. The number of halogens is 1. The van der Waals surface area contributed by atoms with E-state index >= 15 is 0 Å². The zero-order chi connectivity index (χ0) is 22.5. The molecule has 0 bridgehead atoms. The van der Waals surface area contributed by atoms with Crippen molar-refractivity contribution >= 4 is 35.6 Å². The molecule has 2 aromatic carbocycles. The van der Waals surface area contributed by atoms with Crippen LogP contribution in [0.25, 0.3) is 0 Å². The molecule has 0 aromatic heterocycles. The Morgan fingerprint density at radius 3 is 2.48 bits per heavy atom. The smallest absolute Gasteiger partial charge is 0.193 e. The summed E-state index contributed by atoms with van der Waals surface area (Å²) in [4.78, 5) is 9.33. The van der Waals surface area contributed by atoms with E-state index in [9.17, 15) is 0 Å². The molecular weight excluding hydrogens is 531 g/mol. The predicted molar refractivity (Wildman–Crippen MR) is 144 cm³/mol. The molecule has 2 aliphatic heterocycles. The van der Waals surface area contributed by atoms with Gasteiger partial charge in [-0.1, -0.05) is 6.07 Å². The second kappa shape index (κ2) is 11.7. The molecule has 2 heterocycles. The fourth-order valence-corrected chi connectivity index (χ4v) is 4.67. The molecule has 1 saturated heterocycles. The van der Waals surface area contributed by atoms with E-state index < -0.39 is 0 Å². The molecule has 4 rings (SSSR count). The van der Waals surface area contributed by atoms with Gasteiger partial charge >= 0.3 is 0 Å². The van der Waals surface area contributed by atoms with E-state index in [0.717, 1.165) is 62.4 Å². The first-order valence-corrected chi connectivity index (χ1v) is 11.2. The lowest BCUT2D eigenvalue weighted by atomic mass is 9.99. The third-order valence-electron chi connectivity index (χ3n) is 6.48. The van der Waals surface area contributed by atoms with Gasteiger partial charge in [0, 0.05) is 51.5 Å². The van der Waals surface area contributed by atoms with Crippen LogP contribution in [0.15, 0.2) is 41.4 Å². The zero-order valence-corrected chi connectivity index (χ0v) is 22.3. The summed E-state index contributed by atoms with van der Waals surface area (Å²) in [5, 5.41) is 3.63. The Morgan fingerprint density at radius 2 is 1.79 bits per heavy atom. The Labute approximate surface area is 214 Å². The van der Waals surface area contributed by atoms with Gasteiger partial charge in [-0.2, -0.15) is 0 Å². The summed E-state index contributed by atoms with van der Waals surface area (Å²) in [6, 6.07) is 12.5. The quantitative estimate of drug-likeness (QED) is 0.327. The van der Waals surface area contributed by atoms with E-state index in [1.165, 1.54) is 23.2 Å². The van der Waals surface area contributed by atoms with E-state index in [-0.39, 0.29) is 24.0 Å². The minimum absolute atomic E-state index is 0. The highest BCUT2D eigenvalue weighted by atomic mass is 127. The summed E-state index contributed by atoms with van der Waals surface area (Å²) >= 11 is 0. The Bertz CT molecular complexity index is 969. The molecule has 8 heteroatoms. The number of aliphatic imine (C=N–C) groups is 1. The molecule has 0 saturated carbocycles. The lowest BCUT2D eigenvalue weighted by Gasteiger charge is -2.32. The molecule has 2 aromatic rings. The lowest BCUT2D eigenvalue weighted by molar-refractivity contribution is 0.345. The number of rotatable bonds is 6. The molecule has 180 valence electrons. The van der Waals surface area contributed by atoms with E-state index in [1.807, 2.05) is 13.1 Å². The predicted octanol–water partition coefficient (Wildman–Crippen LogP) is 3.79. The second-order valence-corrected chi connectivity index (χ2v) is 8.38. The van der Waals surface area contributed by atoms with Crippen LogP contribution in [-0.2, 0) is 13.0 Å². The first-order chi connectivity index (χ1) is 15.6. The number of anilines is 1. The van der Waals surface area contributed by atoms with E-state index in [1.54, 1.807) is 21.3 Å². The third-order valence-corrected chi connectivity index (χ3v) is 6.48. The standard InChI is InChI=1S/C25H34N4O3.HI/c1-26-25(29-11-9-19-12-23(31-3)24(32-4)13-20(19)17-29)27-15-18-8-10-28(16-18)21-6-5-7-22(14-21)30-2;/h5-7,12-14,18H,8-11,15-17H2,1-4H3,(H,26,27);1H. The van der Waals surface area contributed by atoms with E-state index in [0.29, 0.717) is 5.92 Å². The Kier molecular flexibility index (Phi) is 8.94. The van der Waals surface area contributed by atoms with Gasteiger partial charge in [-0.05, 0) is 54.2 Å². The number of fused-ring (bicyclic) bond motifs is 1. The number of hydrogen-bond donors (Lipinski definition) is 1. The third kappa shape index (κ3) is 5.77. The first-order valence-electron chi connectivity index (χ1n) is 11.2. The molecular formula is C25H35IN4O3. The van der Waals surface area contributed by atoms with Gasteiger partial charge in [0.25, 0.3) is 0 Å². The number of hydrogen-bond acceptors (Lipinski definition) is 5. The monoisotopic (exact) mass is 566 g/mol. The minimum Gasteiger partial charge on any atom is -0.497 e. The highest BCUT2D eigenvalue weighted by Crippen LogP contribution is 2.33. The number of nitrogens with one attached hydrogen (secondary N) is 1. The van der Waals surface area contributed by atoms with Gasteiger partial charge < -0.3 is 29.3 Å². The highest BCUT2D eigenvalue weighted by molar-refractivity contribution is 14.0. The number of benzene rings is 2. The van der Waals surface area contributed by atoms with E-state index in [4.69, 9.17) is 14.2 Å². The molecule has 0 spiro atoms. The van der Waals surface area contributed by atoms with Gasteiger partial charge in [-0.25, -0.2) is 0 Å². The van der Waals surface area contributed by atoms with Crippen LogP contribution < -0.4 is 24.4 Å². The van der Waals surface area contributed by atoms with Crippen LogP contribution in [-0.4, -0.2) is 65.4 Å². The topological polar surface area (TPSA) is 58.6 Å². The fraction of sp³-hybridized carbons (Fsp3) is 0.480. The first kappa shape index (κ1) is 25.3. The average Bonchev–Trinajstić information content (AvgIpc) is 3.32. The van der Waals surface area contributed by atoms with Gasteiger partial charge in [-0.15, -0.1) is 24.0 Å². The number of methoxy groups -OCH3 is 3. The molecule has 1 N–H and O–H groups in total. The van der Waals surface area contributed by atoms with Crippen molar-refractivity contribution in [1.29, 1.82) is 0 Å². The van der Waals surface area contributed by atoms with E-state index in [2.05, 4.69) is 50.4 Å². The maximum atomic E-state index is 5.50. The number of ether oxygens (including phenoxy) is 3. The van der Waals surface area contributed by atoms with Crippen LogP contribution in [0.5, 0.6) is 17.2 Å². The van der Waals surface area contributed by atoms with Crippen molar-refractivity contribution in [1.82, 2.24) is 10.2 Å². The van der Waals surface area contributed by atoms with Crippen LogP contribution in [0.1, 0.15) is 17.5 Å². The maximum Gasteiger partial charge on any atom is 0.193 e. The Balaban J connectivity index is 0.00000306. The van der Waals surface area contributed by atoms with Crippen molar-refractivity contribution in [3.05, 3.63) is 47.5 Å². The normalized spacial score (nSPS) is 17.8. The van der Waals surface area contributed by atoms with Gasteiger partial charge in [-0.3, -0.25) is 4.99 Å². The van der Waals surface area contributed by atoms with Crippen LogP contribution >= 0.6 is 24.0 Å². The summed E-state index contributed by atoms with van der Waals surface area (Å²) in [6.45, 7) is 4.77. The molecule has 0 aliphatic carbocycles. The maximum absolute atomic E-state index is 5.50. The van der Waals surface area contributed by atoms with Crippen molar-refractivity contribution < 1.29 is 14.2 Å². The molecule has 7 nitrogen and oxygen atoms in total. The summed E-state index contributed by atoms with van der Waals surface area (Å²) in [5.74, 6) is 4.03. The highest BCUT2D eigenvalue weighted by Gasteiger charge is 2.25. The van der Waals surface area contributed by atoms with Gasteiger partial charge in [0.2, 0.25) is 0 Å². The summed E-state index contributed by atoms with van der Waals surface area (Å²) in [6.07, 6.45) is 2.13. The Morgan fingerprint density at radius 1 is 1.03 bits per heavy atom. The van der Waals surface area contributed by atoms with Gasteiger partial charge in [0.1, 0.15) is 5.75 Å². The molecule has 0 amide bonds. The van der Waals surface area contributed by atoms with Crippen molar-refractivity contribution in [2.75, 3.05) is 59.5 Å². The largest absolute Gasteiger partial charge is 0.497 e. The number of nitrogens with zero attached hydrogens (tertiary/aromatic N) is 3. The zero-order valence-electron chi connectivity index (χ0n) is 20.0. The van der Waals surface area contributed by atoms with Crippen molar-refractivity contribution in [3.63, 3.8) is 0 Å². The molecule has 1 unspecified atom stereocenters. The van der Waals surface area contributed by atoms with Crippen molar-refractivity contribution in [3.8, 4) is 17.2 Å². The van der Waals surface area contributed by atoms with Gasteiger partial charge in [0.15, 0.2) is 17.5 Å².